The van der Waals surface area contributed by atoms with E-state index in [0.717, 1.165) is 12.0 Å². The molecule has 1 aromatic carbocycles. The number of benzene rings is 1. The molecular formula is C11H16N2O. The van der Waals surface area contributed by atoms with E-state index in [-0.39, 0.29) is 12.1 Å². The zero-order valence-electron chi connectivity index (χ0n) is 8.58. The molecule has 3 nitrogen and oxygen atoms in total. The number of nitrogens with one attached hydrogen (secondary N) is 2. The van der Waals surface area contributed by atoms with Crippen LogP contribution < -0.4 is 10.6 Å². The van der Waals surface area contributed by atoms with Crippen LogP contribution in [0.2, 0.25) is 0 Å². The molecule has 3 heteroatoms. The highest BCUT2D eigenvalue weighted by atomic mass is 16.2. The van der Waals surface area contributed by atoms with Crippen molar-refractivity contribution >= 4 is 6.03 Å². The molecule has 0 aliphatic carbocycles. The molecule has 0 fully saturated rings. The molecule has 0 radical (unpaired) electrons. The Bertz CT molecular complexity index is 285. The third-order valence-electron chi connectivity index (χ3n) is 2.14. The SMILES string of the molecule is CC[C@@H](NC(=O)NC)c1ccccc1. The fourth-order valence-corrected chi connectivity index (χ4v) is 1.34. The van der Waals surface area contributed by atoms with Crippen LogP contribution in [0, 0.1) is 0 Å². The van der Waals surface area contributed by atoms with E-state index in [1.807, 2.05) is 37.3 Å². The maximum Gasteiger partial charge on any atom is 0.315 e. The summed E-state index contributed by atoms with van der Waals surface area (Å²) in [4.78, 5) is 11.1. The Morgan fingerprint density at radius 1 is 1.36 bits per heavy atom. The Morgan fingerprint density at radius 2 is 2.00 bits per heavy atom. The third kappa shape index (κ3) is 2.76. The van der Waals surface area contributed by atoms with Gasteiger partial charge in [-0.15, -0.1) is 0 Å². The lowest BCUT2D eigenvalue weighted by atomic mass is 10.1. The van der Waals surface area contributed by atoms with Gasteiger partial charge in [-0.3, -0.25) is 0 Å². The van der Waals surface area contributed by atoms with Gasteiger partial charge in [0, 0.05) is 7.05 Å². The summed E-state index contributed by atoms with van der Waals surface area (Å²) >= 11 is 0. The minimum absolute atomic E-state index is 0.0937. The predicted molar refractivity (Wildman–Crippen MR) is 57.1 cm³/mol. The molecule has 1 atom stereocenters. The zero-order chi connectivity index (χ0) is 10.4. The van der Waals surface area contributed by atoms with Gasteiger partial charge in [-0.1, -0.05) is 37.3 Å². The van der Waals surface area contributed by atoms with E-state index in [1.54, 1.807) is 7.05 Å². The van der Waals surface area contributed by atoms with Crippen molar-refractivity contribution in [3.05, 3.63) is 35.9 Å². The Kier molecular flexibility index (Phi) is 3.98. The maximum atomic E-state index is 11.1. The summed E-state index contributed by atoms with van der Waals surface area (Å²) in [6, 6.07) is 9.91. The summed E-state index contributed by atoms with van der Waals surface area (Å²) in [5, 5.41) is 5.43. The Balaban J connectivity index is 2.68. The first-order chi connectivity index (χ1) is 6.77. The van der Waals surface area contributed by atoms with E-state index in [4.69, 9.17) is 0 Å². The monoisotopic (exact) mass is 192 g/mol. The topological polar surface area (TPSA) is 41.1 Å². The van der Waals surface area contributed by atoms with Crippen LogP contribution in [-0.2, 0) is 0 Å². The molecule has 0 heterocycles. The molecule has 0 aliphatic rings. The van der Waals surface area contributed by atoms with E-state index in [0.29, 0.717) is 0 Å². The molecule has 0 unspecified atom stereocenters. The van der Waals surface area contributed by atoms with Crippen molar-refractivity contribution in [1.29, 1.82) is 0 Å². The summed E-state index contributed by atoms with van der Waals surface area (Å²) < 4.78 is 0. The predicted octanol–water partition coefficient (Wildman–Crippen LogP) is 2.07. The second-order valence-corrected chi connectivity index (χ2v) is 3.09. The quantitative estimate of drug-likeness (QED) is 0.756. The van der Waals surface area contributed by atoms with Gasteiger partial charge in [0.1, 0.15) is 0 Å². The fourth-order valence-electron chi connectivity index (χ4n) is 1.34. The lowest BCUT2D eigenvalue weighted by Crippen LogP contribution is -2.35. The van der Waals surface area contributed by atoms with Crippen molar-refractivity contribution in [2.75, 3.05) is 7.05 Å². The molecule has 2 N–H and O–H groups in total. The summed E-state index contributed by atoms with van der Waals surface area (Å²) in [7, 11) is 1.62. The number of urea groups is 1. The first-order valence-electron chi connectivity index (χ1n) is 4.81. The summed E-state index contributed by atoms with van der Waals surface area (Å²) in [5.74, 6) is 0. The van der Waals surface area contributed by atoms with Crippen molar-refractivity contribution in [3.8, 4) is 0 Å². The van der Waals surface area contributed by atoms with Crippen LogP contribution in [0.15, 0.2) is 30.3 Å². The van der Waals surface area contributed by atoms with Crippen LogP contribution in [-0.4, -0.2) is 13.1 Å². The van der Waals surface area contributed by atoms with Gasteiger partial charge < -0.3 is 10.6 Å². The number of hydrogen-bond donors (Lipinski definition) is 2. The second-order valence-electron chi connectivity index (χ2n) is 3.09. The van der Waals surface area contributed by atoms with Crippen molar-refractivity contribution in [3.63, 3.8) is 0 Å². The first kappa shape index (κ1) is 10.6. The minimum Gasteiger partial charge on any atom is -0.341 e. The van der Waals surface area contributed by atoms with Gasteiger partial charge in [-0.05, 0) is 12.0 Å². The van der Waals surface area contributed by atoms with E-state index in [2.05, 4.69) is 10.6 Å². The Labute approximate surface area is 84.5 Å². The average Bonchev–Trinajstić information content (AvgIpc) is 2.26. The summed E-state index contributed by atoms with van der Waals surface area (Å²) in [6.45, 7) is 2.05. The van der Waals surface area contributed by atoms with E-state index >= 15 is 0 Å². The van der Waals surface area contributed by atoms with Crippen LogP contribution >= 0.6 is 0 Å². The number of rotatable bonds is 3. The maximum absolute atomic E-state index is 11.1. The molecule has 76 valence electrons. The number of carbonyl (C=O) groups excluding carboxylic acids is 1. The Hall–Kier alpha value is -1.51. The van der Waals surface area contributed by atoms with Gasteiger partial charge in [-0.2, -0.15) is 0 Å². The van der Waals surface area contributed by atoms with E-state index in [9.17, 15) is 4.79 Å². The van der Waals surface area contributed by atoms with Crippen LogP contribution in [0.4, 0.5) is 4.79 Å². The fraction of sp³-hybridized carbons (Fsp3) is 0.364. The molecule has 0 spiro atoms. The summed E-state index contributed by atoms with van der Waals surface area (Å²) in [5.41, 5.74) is 1.14. The number of amides is 2. The molecule has 1 aromatic rings. The van der Waals surface area contributed by atoms with Gasteiger partial charge >= 0.3 is 6.03 Å². The van der Waals surface area contributed by atoms with Crippen molar-refractivity contribution in [2.45, 2.75) is 19.4 Å². The van der Waals surface area contributed by atoms with Gasteiger partial charge in [-0.25, -0.2) is 4.79 Å². The van der Waals surface area contributed by atoms with Gasteiger partial charge in [0.15, 0.2) is 0 Å². The summed E-state index contributed by atoms with van der Waals surface area (Å²) in [6.07, 6.45) is 0.886. The molecule has 1 rings (SSSR count). The Morgan fingerprint density at radius 3 is 2.50 bits per heavy atom. The highest BCUT2D eigenvalue weighted by Crippen LogP contribution is 2.15. The molecule has 0 aromatic heterocycles. The van der Waals surface area contributed by atoms with E-state index in [1.165, 1.54) is 0 Å². The smallest absolute Gasteiger partial charge is 0.315 e. The van der Waals surface area contributed by atoms with Crippen LogP contribution in [0.5, 0.6) is 0 Å². The highest BCUT2D eigenvalue weighted by Gasteiger charge is 2.10. The molecule has 0 aliphatic heterocycles. The third-order valence-corrected chi connectivity index (χ3v) is 2.14. The molecule has 0 saturated carbocycles. The molecular weight excluding hydrogens is 176 g/mol. The van der Waals surface area contributed by atoms with Crippen molar-refractivity contribution < 1.29 is 4.79 Å². The van der Waals surface area contributed by atoms with Crippen molar-refractivity contribution in [1.82, 2.24) is 10.6 Å². The normalized spacial score (nSPS) is 11.9. The zero-order valence-corrected chi connectivity index (χ0v) is 8.58. The standard InChI is InChI=1S/C11H16N2O/c1-3-10(13-11(14)12-2)9-7-5-4-6-8-9/h4-8,10H,3H2,1-2H3,(H2,12,13,14)/t10-/m1/s1. The molecule has 14 heavy (non-hydrogen) atoms. The first-order valence-corrected chi connectivity index (χ1v) is 4.81. The largest absolute Gasteiger partial charge is 0.341 e. The van der Waals surface area contributed by atoms with Crippen LogP contribution in [0.1, 0.15) is 24.9 Å². The van der Waals surface area contributed by atoms with Crippen molar-refractivity contribution in [2.24, 2.45) is 0 Å². The second kappa shape index (κ2) is 5.27. The molecule has 0 saturated heterocycles. The van der Waals surface area contributed by atoms with Gasteiger partial charge in [0.05, 0.1) is 6.04 Å². The minimum atomic E-state index is -0.138. The lowest BCUT2D eigenvalue weighted by molar-refractivity contribution is 0.238. The van der Waals surface area contributed by atoms with Gasteiger partial charge in [0.2, 0.25) is 0 Å². The number of hydrogen-bond acceptors (Lipinski definition) is 1. The average molecular weight is 192 g/mol. The van der Waals surface area contributed by atoms with Crippen LogP contribution in [0.25, 0.3) is 0 Å². The lowest BCUT2D eigenvalue weighted by Gasteiger charge is -2.16. The molecule has 2 amide bonds. The number of carbonyl (C=O) groups is 1. The highest BCUT2D eigenvalue weighted by molar-refractivity contribution is 5.74. The molecule has 0 bridgehead atoms. The van der Waals surface area contributed by atoms with Gasteiger partial charge in [0.25, 0.3) is 0 Å². The van der Waals surface area contributed by atoms with Crippen LogP contribution in [0.3, 0.4) is 0 Å². The van der Waals surface area contributed by atoms with E-state index < -0.39 is 0 Å².